The topological polar surface area (TPSA) is 102 Å². The molecule has 104 valence electrons. The van der Waals surface area contributed by atoms with Crippen molar-refractivity contribution in [2.75, 3.05) is 32.1 Å². The van der Waals surface area contributed by atoms with Crippen LogP contribution < -0.4 is 16.4 Å². The lowest BCUT2D eigenvalue weighted by atomic mass is 9.90. The third-order valence-corrected chi connectivity index (χ3v) is 3.36. The Bertz CT molecular complexity index is 428. The van der Waals surface area contributed by atoms with Gasteiger partial charge in [-0.05, 0) is 25.0 Å². The Morgan fingerprint density at radius 2 is 2.16 bits per heavy atom. The van der Waals surface area contributed by atoms with Crippen LogP contribution in [0.3, 0.4) is 0 Å². The molecule has 0 aliphatic carbocycles. The monoisotopic (exact) mass is 265 g/mol. The molecule has 19 heavy (non-hydrogen) atoms. The summed E-state index contributed by atoms with van der Waals surface area (Å²) >= 11 is 0. The van der Waals surface area contributed by atoms with Gasteiger partial charge >= 0.3 is 0 Å². The predicted molar refractivity (Wildman–Crippen MR) is 70.9 cm³/mol. The Morgan fingerprint density at radius 3 is 2.68 bits per heavy atom. The van der Waals surface area contributed by atoms with Crippen molar-refractivity contribution in [3.8, 4) is 0 Å². The normalized spacial score (nSPS) is 17.8. The van der Waals surface area contributed by atoms with Gasteiger partial charge in [0.25, 0.3) is 5.91 Å². The van der Waals surface area contributed by atoms with Gasteiger partial charge in [-0.15, -0.1) is 10.2 Å². The number of carbonyl (C=O) groups excluding carboxylic acids is 1. The van der Waals surface area contributed by atoms with E-state index >= 15 is 0 Å². The first kappa shape index (κ1) is 13.7. The van der Waals surface area contributed by atoms with Crippen molar-refractivity contribution in [2.45, 2.75) is 18.4 Å². The van der Waals surface area contributed by atoms with Crippen molar-refractivity contribution in [3.63, 3.8) is 0 Å². The van der Waals surface area contributed by atoms with Gasteiger partial charge in [-0.25, -0.2) is 0 Å². The fraction of sp³-hybridized carbons (Fsp3) is 0.583. The summed E-state index contributed by atoms with van der Waals surface area (Å²) in [5.41, 5.74) is 5.96. The van der Waals surface area contributed by atoms with E-state index in [4.69, 9.17) is 10.5 Å². The maximum absolute atomic E-state index is 11.4. The van der Waals surface area contributed by atoms with E-state index in [0.29, 0.717) is 31.3 Å². The standard InChI is InChI=1S/C12H19N5O2/c1-14-11(18)9-2-3-10(17-16-9)15-12(8-13)4-6-19-7-5-12/h2-3H,4-8,13H2,1H3,(H,14,18)(H,15,17). The first-order valence-electron chi connectivity index (χ1n) is 6.31. The van der Waals surface area contributed by atoms with Gasteiger partial charge in [-0.2, -0.15) is 0 Å². The molecule has 0 bridgehead atoms. The average molecular weight is 265 g/mol. The van der Waals surface area contributed by atoms with Crippen LogP contribution >= 0.6 is 0 Å². The van der Waals surface area contributed by atoms with Crippen LogP contribution in [0, 0.1) is 0 Å². The van der Waals surface area contributed by atoms with E-state index in [0.717, 1.165) is 12.8 Å². The average Bonchev–Trinajstić information content (AvgIpc) is 2.48. The van der Waals surface area contributed by atoms with Crippen LogP contribution in [0.25, 0.3) is 0 Å². The van der Waals surface area contributed by atoms with Crippen molar-refractivity contribution < 1.29 is 9.53 Å². The summed E-state index contributed by atoms with van der Waals surface area (Å²) in [6, 6.07) is 3.38. The molecular formula is C12H19N5O2. The van der Waals surface area contributed by atoms with Crippen molar-refractivity contribution in [1.82, 2.24) is 15.5 Å². The second kappa shape index (κ2) is 5.94. The van der Waals surface area contributed by atoms with Crippen LogP contribution in [-0.4, -0.2) is 48.4 Å². The number of hydrogen-bond donors (Lipinski definition) is 3. The molecule has 4 N–H and O–H groups in total. The third kappa shape index (κ3) is 3.18. The fourth-order valence-corrected chi connectivity index (χ4v) is 2.06. The van der Waals surface area contributed by atoms with Crippen LogP contribution in [0.4, 0.5) is 5.82 Å². The number of amides is 1. The van der Waals surface area contributed by atoms with E-state index in [1.165, 1.54) is 0 Å². The molecule has 1 aliphatic heterocycles. The van der Waals surface area contributed by atoms with E-state index < -0.39 is 0 Å². The van der Waals surface area contributed by atoms with Crippen molar-refractivity contribution >= 4 is 11.7 Å². The number of nitrogens with zero attached hydrogens (tertiary/aromatic N) is 2. The highest BCUT2D eigenvalue weighted by Crippen LogP contribution is 2.23. The molecule has 7 nitrogen and oxygen atoms in total. The molecule has 0 aromatic carbocycles. The second-order valence-electron chi connectivity index (χ2n) is 4.60. The highest BCUT2D eigenvalue weighted by Gasteiger charge is 2.31. The molecule has 0 saturated carbocycles. The quantitative estimate of drug-likeness (QED) is 0.694. The Balaban J connectivity index is 2.07. The van der Waals surface area contributed by atoms with E-state index in [9.17, 15) is 4.79 Å². The lowest BCUT2D eigenvalue weighted by Crippen LogP contribution is -2.49. The molecule has 0 atom stereocenters. The van der Waals surface area contributed by atoms with E-state index in [1.807, 2.05) is 0 Å². The molecule has 7 heteroatoms. The molecule has 2 rings (SSSR count). The van der Waals surface area contributed by atoms with Crippen LogP contribution in [-0.2, 0) is 4.74 Å². The molecule has 0 radical (unpaired) electrons. The molecule has 1 aromatic rings. The number of ether oxygens (including phenoxy) is 1. The predicted octanol–water partition coefficient (Wildman–Crippen LogP) is -0.244. The summed E-state index contributed by atoms with van der Waals surface area (Å²) in [6.45, 7) is 1.89. The number of carbonyl (C=O) groups is 1. The highest BCUT2D eigenvalue weighted by atomic mass is 16.5. The second-order valence-corrected chi connectivity index (χ2v) is 4.60. The largest absolute Gasteiger partial charge is 0.381 e. The number of anilines is 1. The van der Waals surface area contributed by atoms with Gasteiger partial charge in [0.2, 0.25) is 0 Å². The smallest absolute Gasteiger partial charge is 0.271 e. The molecule has 1 amide bonds. The van der Waals surface area contributed by atoms with Gasteiger partial charge < -0.3 is 21.1 Å². The zero-order chi connectivity index (χ0) is 13.7. The summed E-state index contributed by atoms with van der Waals surface area (Å²) < 4.78 is 5.34. The van der Waals surface area contributed by atoms with E-state index in [-0.39, 0.29) is 11.4 Å². The number of nitrogens with two attached hydrogens (primary N) is 1. The SMILES string of the molecule is CNC(=O)c1ccc(NC2(CN)CCOCC2)nn1. The first-order chi connectivity index (χ1) is 9.19. The van der Waals surface area contributed by atoms with E-state index in [1.54, 1.807) is 19.2 Å². The van der Waals surface area contributed by atoms with Crippen LogP contribution in [0.15, 0.2) is 12.1 Å². The molecule has 1 aromatic heterocycles. The van der Waals surface area contributed by atoms with Crippen molar-refractivity contribution in [2.24, 2.45) is 5.73 Å². The van der Waals surface area contributed by atoms with Crippen LogP contribution in [0.5, 0.6) is 0 Å². The number of aromatic nitrogens is 2. The maximum Gasteiger partial charge on any atom is 0.271 e. The highest BCUT2D eigenvalue weighted by molar-refractivity contribution is 5.91. The van der Waals surface area contributed by atoms with Gasteiger partial charge in [0.05, 0.1) is 5.54 Å². The van der Waals surface area contributed by atoms with Crippen molar-refractivity contribution in [3.05, 3.63) is 17.8 Å². The molecule has 0 unspecified atom stereocenters. The maximum atomic E-state index is 11.4. The summed E-state index contributed by atoms with van der Waals surface area (Å²) in [4.78, 5) is 11.4. The number of hydrogen-bond acceptors (Lipinski definition) is 6. The lowest BCUT2D eigenvalue weighted by Gasteiger charge is -2.37. The van der Waals surface area contributed by atoms with Gasteiger partial charge in [-0.1, -0.05) is 0 Å². The van der Waals surface area contributed by atoms with Gasteiger partial charge in [0.15, 0.2) is 5.69 Å². The Kier molecular flexibility index (Phi) is 4.28. The van der Waals surface area contributed by atoms with Crippen molar-refractivity contribution in [1.29, 1.82) is 0 Å². The molecule has 1 saturated heterocycles. The molecule has 1 fully saturated rings. The van der Waals surface area contributed by atoms with E-state index in [2.05, 4.69) is 20.8 Å². The van der Waals surface area contributed by atoms with Gasteiger partial charge in [0, 0.05) is 26.8 Å². The zero-order valence-electron chi connectivity index (χ0n) is 11.0. The molecule has 1 aliphatic rings. The fourth-order valence-electron chi connectivity index (χ4n) is 2.06. The van der Waals surface area contributed by atoms with Crippen LogP contribution in [0.2, 0.25) is 0 Å². The molecule has 2 heterocycles. The summed E-state index contributed by atoms with van der Waals surface area (Å²) in [5, 5.41) is 13.7. The van der Waals surface area contributed by atoms with Gasteiger partial charge in [-0.3, -0.25) is 4.79 Å². The lowest BCUT2D eigenvalue weighted by molar-refractivity contribution is 0.0626. The van der Waals surface area contributed by atoms with Crippen LogP contribution in [0.1, 0.15) is 23.3 Å². The Morgan fingerprint density at radius 1 is 1.42 bits per heavy atom. The first-order valence-corrected chi connectivity index (χ1v) is 6.31. The minimum absolute atomic E-state index is 0.193. The molecular weight excluding hydrogens is 246 g/mol. The molecule has 0 spiro atoms. The third-order valence-electron chi connectivity index (χ3n) is 3.36. The van der Waals surface area contributed by atoms with Gasteiger partial charge in [0.1, 0.15) is 5.82 Å². The zero-order valence-corrected chi connectivity index (χ0v) is 11.0. The Hall–Kier alpha value is -1.73. The summed E-state index contributed by atoms with van der Waals surface area (Å²) in [6.07, 6.45) is 1.67. The number of nitrogens with one attached hydrogen (secondary N) is 2. The summed E-state index contributed by atoms with van der Waals surface area (Å²) in [5.74, 6) is 0.374. The Labute approximate surface area is 111 Å². The summed E-state index contributed by atoms with van der Waals surface area (Å²) in [7, 11) is 1.56. The number of rotatable bonds is 4. The minimum Gasteiger partial charge on any atom is -0.381 e. The minimum atomic E-state index is -0.251.